The highest BCUT2D eigenvalue weighted by Gasteiger charge is 2.42. The molecule has 0 aliphatic carbocycles. The molecule has 1 fully saturated rings. The number of aldehydes is 1. The lowest BCUT2D eigenvalue weighted by Gasteiger charge is -2.36. The van der Waals surface area contributed by atoms with Gasteiger partial charge in [0.25, 0.3) is 0 Å². The summed E-state index contributed by atoms with van der Waals surface area (Å²) >= 11 is 0. The van der Waals surface area contributed by atoms with E-state index in [9.17, 15) is 4.79 Å². The summed E-state index contributed by atoms with van der Waals surface area (Å²) in [6.07, 6.45) is 4.61. The van der Waals surface area contributed by atoms with Crippen LogP contribution in [0.25, 0.3) is 11.1 Å². The number of anilines is 1. The minimum absolute atomic E-state index is 0.592. The van der Waals surface area contributed by atoms with E-state index in [2.05, 4.69) is 28.4 Å². The van der Waals surface area contributed by atoms with Crippen LogP contribution in [-0.4, -0.2) is 32.0 Å². The van der Waals surface area contributed by atoms with Crippen molar-refractivity contribution in [2.75, 3.05) is 24.5 Å². The van der Waals surface area contributed by atoms with Gasteiger partial charge in [0.1, 0.15) is 0 Å². The van der Waals surface area contributed by atoms with Gasteiger partial charge in [0.05, 0.1) is 0 Å². The highest BCUT2D eigenvalue weighted by atomic mass is 16.1. The molecule has 3 heteroatoms. The third kappa shape index (κ3) is 1.97. The van der Waals surface area contributed by atoms with E-state index in [1.807, 2.05) is 18.2 Å². The van der Waals surface area contributed by atoms with E-state index < -0.39 is 0 Å². The van der Waals surface area contributed by atoms with E-state index in [-0.39, 0.29) is 0 Å². The van der Waals surface area contributed by atoms with Crippen molar-refractivity contribution in [3.8, 4) is 11.1 Å². The summed E-state index contributed by atoms with van der Waals surface area (Å²) in [5.74, 6) is 0.592. The molecule has 2 atom stereocenters. The van der Waals surface area contributed by atoms with Crippen molar-refractivity contribution in [1.82, 2.24) is 5.32 Å². The van der Waals surface area contributed by atoms with Crippen molar-refractivity contribution in [3.05, 3.63) is 53.1 Å². The number of benzene rings is 2. The fraction of sp³-hybridized carbons (Fsp3) is 0.381. The predicted octanol–water partition coefficient (Wildman–Crippen LogP) is 3.38. The Kier molecular flexibility index (Phi) is 3.23. The number of rotatable bonds is 2. The second-order valence-corrected chi connectivity index (χ2v) is 7.24. The summed E-state index contributed by atoms with van der Waals surface area (Å²) in [6.45, 7) is 3.40. The van der Waals surface area contributed by atoms with E-state index >= 15 is 0 Å². The topological polar surface area (TPSA) is 32.3 Å². The lowest BCUT2D eigenvalue weighted by Crippen LogP contribution is -2.45. The molecule has 3 heterocycles. The van der Waals surface area contributed by atoms with Gasteiger partial charge in [-0.15, -0.1) is 0 Å². The maximum absolute atomic E-state index is 11.5. The minimum Gasteiger partial charge on any atom is -0.367 e. The summed E-state index contributed by atoms with van der Waals surface area (Å²) in [6, 6.07) is 13.3. The molecule has 3 nitrogen and oxygen atoms in total. The van der Waals surface area contributed by atoms with Gasteiger partial charge < -0.3 is 10.2 Å². The minimum atomic E-state index is 0.592. The first kappa shape index (κ1) is 14.2. The monoisotopic (exact) mass is 318 g/mol. The van der Waals surface area contributed by atoms with Crippen molar-refractivity contribution in [2.45, 2.75) is 31.2 Å². The van der Waals surface area contributed by atoms with Crippen LogP contribution < -0.4 is 10.2 Å². The van der Waals surface area contributed by atoms with Gasteiger partial charge in [-0.05, 0) is 60.2 Å². The lowest BCUT2D eigenvalue weighted by molar-refractivity contribution is 0.112. The quantitative estimate of drug-likeness (QED) is 0.862. The highest BCUT2D eigenvalue weighted by Crippen LogP contribution is 2.49. The molecule has 0 radical (unpaired) electrons. The molecule has 0 bridgehead atoms. The zero-order chi connectivity index (χ0) is 16.1. The van der Waals surface area contributed by atoms with Gasteiger partial charge in [-0.1, -0.05) is 24.3 Å². The van der Waals surface area contributed by atoms with Crippen LogP contribution in [-0.2, 0) is 6.42 Å². The summed E-state index contributed by atoms with van der Waals surface area (Å²) in [5.41, 5.74) is 7.54. The average molecular weight is 318 g/mol. The van der Waals surface area contributed by atoms with Gasteiger partial charge in [0, 0.05) is 36.3 Å². The first-order valence-corrected chi connectivity index (χ1v) is 9.05. The van der Waals surface area contributed by atoms with Crippen LogP contribution >= 0.6 is 0 Å². The number of piperidine rings is 1. The fourth-order valence-electron chi connectivity index (χ4n) is 4.98. The second-order valence-electron chi connectivity index (χ2n) is 7.24. The van der Waals surface area contributed by atoms with E-state index in [1.54, 1.807) is 0 Å². The molecule has 2 aromatic rings. The standard InChI is InChI=1S/C21H22N2O/c24-13-15-4-1-2-6-17(15)16-10-14-5-3-9-23-20-7-8-22-12-19(20)18(11-16)21(14)23/h1-2,4,6,10-11,13,19-20,22H,3,5,7-9,12H2/t19-,20-/m1/s1. The third-order valence-electron chi connectivity index (χ3n) is 5.99. The number of fused-ring (bicyclic) bond motifs is 3. The maximum atomic E-state index is 11.5. The number of hydrogen-bond acceptors (Lipinski definition) is 3. The van der Waals surface area contributed by atoms with Gasteiger partial charge in [0.2, 0.25) is 0 Å². The smallest absolute Gasteiger partial charge is 0.150 e. The lowest BCUT2D eigenvalue weighted by atomic mass is 9.87. The van der Waals surface area contributed by atoms with Crippen molar-refractivity contribution in [3.63, 3.8) is 0 Å². The van der Waals surface area contributed by atoms with Crippen LogP contribution in [0, 0.1) is 0 Å². The van der Waals surface area contributed by atoms with Crippen molar-refractivity contribution in [2.24, 2.45) is 0 Å². The molecular weight excluding hydrogens is 296 g/mol. The number of hydrogen-bond donors (Lipinski definition) is 1. The van der Waals surface area contributed by atoms with Crippen LogP contribution in [0.1, 0.15) is 40.2 Å². The first-order valence-electron chi connectivity index (χ1n) is 9.05. The molecule has 24 heavy (non-hydrogen) atoms. The predicted molar refractivity (Wildman–Crippen MR) is 96.9 cm³/mol. The molecule has 0 saturated carbocycles. The first-order chi connectivity index (χ1) is 11.9. The zero-order valence-corrected chi connectivity index (χ0v) is 13.8. The van der Waals surface area contributed by atoms with Crippen LogP contribution in [0.5, 0.6) is 0 Å². The average Bonchev–Trinajstić information content (AvgIpc) is 2.98. The fourth-order valence-corrected chi connectivity index (χ4v) is 4.98. The molecule has 1 saturated heterocycles. The molecule has 0 aromatic heterocycles. The Morgan fingerprint density at radius 3 is 3.04 bits per heavy atom. The van der Waals surface area contributed by atoms with Crippen molar-refractivity contribution >= 4 is 12.0 Å². The van der Waals surface area contributed by atoms with Gasteiger partial charge in [-0.3, -0.25) is 4.79 Å². The number of carbonyl (C=O) groups is 1. The summed E-state index contributed by atoms with van der Waals surface area (Å²) in [7, 11) is 0. The number of nitrogens with zero attached hydrogens (tertiary/aromatic N) is 1. The van der Waals surface area contributed by atoms with Crippen LogP contribution in [0.3, 0.4) is 0 Å². The largest absolute Gasteiger partial charge is 0.367 e. The Bertz CT molecular complexity index is 813. The molecule has 0 unspecified atom stereocenters. The van der Waals surface area contributed by atoms with E-state index in [0.717, 1.165) is 36.9 Å². The normalized spacial score (nSPS) is 24.4. The van der Waals surface area contributed by atoms with E-state index in [1.165, 1.54) is 41.8 Å². The van der Waals surface area contributed by atoms with Crippen molar-refractivity contribution in [1.29, 1.82) is 0 Å². The number of carbonyl (C=O) groups excluding carboxylic acids is 1. The molecule has 122 valence electrons. The van der Waals surface area contributed by atoms with Gasteiger partial charge >= 0.3 is 0 Å². The number of nitrogens with one attached hydrogen (secondary N) is 1. The molecule has 0 amide bonds. The molecule has 5 rings (SSSR count). The Hall–Kier alpha value is -2.13. The molecule has 3 aliphatic rings. The van der Waals surface area contributed by atoms with Gasteiger partial charge in [-0.25, -0.2) is 0 Å². The molecular formula is C21H22N2O. The zero-order valence-electron chi connectivity index (χ0n) is 13.8. The maximum Gasteiger partial charge on any atom is 0.150 e. The molecule has 2 aromatic carbocycles. The molecule has 1 N–H and O–H groups in total. The Balaban J connectivity index is 1.70. The SMILES string of the molecule is O=Cc1ccccc1-c1cc2c3c(c1)[C@H]1CNCC[C@H]1N3CCC2. The summed E-state index contributed by atoms with van der Waals surface area (Å²) in [4.78, 5) is 14.1. The van der Waals surface area contributed by atoms with E-state index in [4.69, 9.17) is 0 Å². The van der Waals surface area contributed by atoms with Gasteiger partial charge in [0.15, 0.2) is 6.29 Å². The summed E-state index contributed by atoms with van der Waals surface area (Å²) in [5, 5.41) is 3.58. The Morgan fingerprint density at radius 2 is 2.12 bits per heavy atom. The third-order valence-corrected chi connectivity index (χ3v) is 5.99. The van der Waals surface area contributed by atoms with Crippen molar-refractivity contribution < 1.29 is 4.79 Å². The van der Waals surface area contributed by atoms with E-state index in [0.29, 0.717) is 12.0 Å². The van der Waals surface area contributed by atoms with Crippen LogP contribution in [0.15, 0.2) is 36.4 Å². The molecule has 0 spiro atoms. The Labute approximate surface area is 142 Å². The van der Waals surface area contributed by atoms with Gasteiger partial charge in [-0.2, -0.15) is 0 Å². The number of aryl methyl sites for hydroxylation is 1. The Morgan fingerprint density at radius 1 is 1.21 bits per heavy atom. The van der Waals surface area contributed by atoms with Crippen LogP contribution in [0.2, 0.25) is 0 Å². The summed E-state index contributed by atoms with van der Waals surface area (Å²) < 4.78 is 0. The highest BCUT2D eigenvalue weighted by molar-refractivity contribution is 5.89. The molecule has 3 aliphatic heterocycles. The van der Waals surface area contributed by atoms with Crippen LogP contribution in [0.4, 0.5) is 5.69 Å². The second kappa shape index (κ2) is 5.45.